The lowest BCUT2D eigenvalue weighted by Crippen LogP contribution is -2.52. The van der Waals surface area contributed by atoms with Crippen molar-refractivity contribution in [1.29, 1.82) is 0 Å². The van der Waals surface area contributed by atoms with Gasteiger partial charge < -0.3 is 15.1 Å². The van der Waals surface area contributed by atoms with Crippen molar-refractivity contribution in [3.8, 4) is 0 Å². The highest BCUT2D eigenvalue weighted by Crippen LogP contribution is 2.30. The predicted octanol–water partition coefficient (Wildman–Crippen LogP) is 4.32. The standard InChI is InChI=1S/C27H27FN4O2/c28-23-14-25(16-29-15-23)32-17-22(18-32)26(33)30-24-8-6-19(7-9-24)20-10-12-31(13-11-20)27(34)21-4-2-1-3-5-21/h1-9,14-16,20,22H,10-13,17-18H2,(H,30,33). The molecule has 174 valence electrons. The first kappa shape index (κ1) is 22.1. The van der Waals surface area contributed by atoms with Crippen LogP contribution < -0.4 is 10.2 Å². The zero-order valence-corrected chi connectivity index (χ0v) is 18.9. The van der Waals surface area contributed by atoms with Crippen LogP contribution in [-0.2, 0) is 4.79 Å². The van der Waals surface area contributed by atoms with E-state index in [2.05, 4.69) is 22.4 Å². The molecule has 0 spiro atoms. The van der Waals surface area contributed by atoms with Crippen LogP contribution in [0.5, 0.6) is 0 Å². The van der Waals surface area contributed by atoms with E-state index in [-0.39, 0.29) is 23.5 Å². The Morgan fingerprint density at radius 2 is 1.65 bits per heavy atom. The number of benzene rings is 2. The van der Waals surface area contributed by atoms with Crippen LogP contribution >= 0.6 is 0 Å². The Morgan fingerprint density at radius 3 is 2.32 bits per heavy atom. The van der Waals surface area contributed by atoms with Crippen molar-refractivity contribution >= 4 is 23.2 Å². The van der Waals surface area contributed by atoms with Gasteiger partial charge in [0.25, 0.3) is 5.91 Å². The quantitative estimate of drug-likeness (QED) is 0.619. The van der Waals surface area contributed by atoms with E-state index >= 15 is 0 Å². The minimum atomic E-state index is -0.376. The van der Waals surface area contributed by atoms with Crippen LogP contribution in [0.2, 0.25) is 0 Å². The van der Waals surface area contributed by atoms with E-state index in [0.29, 0.717) is 24.7 Å². The molecule has 0 aliphatic carbocycles. The number of nitrogens with one attached hydrogen (secondary N) is 1. The van der Waals surface area contributed by atoms with Crippen molar-refractivity contribution in [1.82, 2.24) is 9.88 Å². The van der Waals surface area contributed by atoms with Gasteiger partial charge in [-0.25, -0.2) is 4.39 Å². The Morgan fingerprint density at radius 1 is 0.941 bits per heavy atom. The normalized spacial score (nSPS) is 16.7. The lowest BCUT2D eigenvalue weighted by atomic mass is 9.89. The van der Waals surface area contributed by atoms with Gasteiger partial charge in [0.15, 0.2) is 0 Å². The third kappa shape index (κ3) is 4.78. The smallest absolute Gasteiger partial charge is 0.253 e. The summed E-state index contributed by atoms with van der Waals surface area (Å²) in [5, 5.41) is 2.99. The van der Waals surface area contributed by atoms with E-state index < -0.39 is 0 Å². The van der Waals surface area contributed by atoms with Gasteiger partial charge in [-0.15, -0.1) is 0 Å². The van der Waals surface area contributed by atoms with Crippen LogP contribution in [0.4, 0.5) is 15.8 Å². The molecule has 3 aromatic rings. The minimum Gasteiger partial charge on any atom is -0.368 e. The van der Waals surface area contributed by atoms with Crippen LogP contribution in [0.25, 0.3) is 0 Å². The van der Waals surface area contributed by atoms with Gasteiger partial charge in [-0.3, -0.25) is 14.6 Å². The van der Waals surface area contributed by atoms with Crippen LogP contribution in [0.15, 0.2) is 73.1 Å². The fraction of sp³-hybridized carbons (Fsp3) is 0.296. The maximum Gasteiger partial charge on any atom is 0.253 e. The summed E-state index contributed by atoms with van der Waals surface area (Å²) in [4.78, 5) is 33.0. The summed E-state index contributed by atoms with van der Waals surface area (Å²) in [5.41, 5.74) is 3.45. The summed E-state index contributed by atoms with van der Waals surface area (Å²) in [7, 11) is 0. The first-order chi connectivity index (χ1) is 16.6. The highest BCUT2D eigenvalue weighted by molar-refractivity contribution is 5.95. The van der Waals surface area contributed by atoms with Gasteiger partial charge in [-0.1, -0.05) is 30.3 Å². The molecule has 6 nitrogen and oxygen atoms in total. The average Bonchev–Trinajstić information content (AvgIpc) is 2.84. The maximum absolute atomic E-state index is 13.3. The van der Waals surface area contributed by atoms with E-state index in [1.54, 1.807) is 6.20 Å². The van der Waals surface area contributed by atoms with Crippen molar-refractivity contribution in [3.63, 3.8) is 0 Å². The van der Waals surface area contributed by atoms with E-state index in [4.69, 9.17) is 0 Å². The monoisotopic (exact) mass is 458 g/mol. The summed E-state index contributed by atoms with van der Waals surface area (Å²) >= 11 is 0. The number of piperidine rings is 1. The van der Waals surface area contributed by atoms with E-state index in [9.17, 15) is 14.0 Å². The number of halogens is 1. The zero-order valence-electron chi connectivity index (χ0n) is 18.9. The lowest BCUT2D eigenvalue weighted by Gasteiger charge is -2.39. The molecule has 2 aliphatic rings. The van der Waals surface area contributed by atoms with Crippen LogP contribution in [0, 0.1) is 11.7 Å². The van der Waals surface area contributed by atoms with Gasteiger partial charge >= 0.3 is 0 Å². The van der Waals surface area contributed by atoms with Crippen LogP contribution in [0.1, 0.15) is 34.7 Å². The Kier molecular flexibility index (Phi) is 6.25. The second-order valence-corrected chi connectivity index (χ2v) is 9.01. The number of hydrogen-bond donors (Lipinski definition) is 1. The number of likely N-dealkylation sites (tertiary alicyclic amines) is 1. The molecule has 3 heterocycles. The number of carbonyl (C=O) groups excluding carboxylic acids is 2. The Hall–Kier alpha value is -3.74. The van der Waals surface area contributed by atoms with E-state index in [1.165, 1.54) is 17.8 Å². The molecule has 2 fully saturated rings. The number of anilines is 2. The SMILES string of the molecule is O=C(Nc1ccc(C2CCN(C(=O)c3ccccc3)CC2)cc1)C1CN(c2cncc(F)c2)C1. The molecule has 0 atom stereocenters. The molecule has 2 aromatic carbocycles. The number of nitrogens with zero attached hydrogens (tertiary/aromatic N) is 3. The maximum atomic E-state index is 13.3. The van der Waals surface area contributed by atoms with Crippen molar-refractivity contribution in [2.24, 2.45) is 5.92 Å². The fourth-order valence-electron chi connectivity index (χ4n) is 4.69. The van der Waals surface area contributed by atoms with Crippen molar-refractivity contribution < 1.29 is 14.0 Å². The number of rotatable bonds is 5. The first-order valence-electron chi connectivity index (χ1n) is 11.7. The third-order valence-electron chi connectivity index (χ3n) is 6.76. The van der Waals surface area contributed by atoms with Crippen molar-refractivity contribution in [2.45, 2.75) is 18.8 Å². The highest BCUT2D eigenvalue weighted by Gasteiger charge is 2.33. The zero-order chi connectivity index (χ0) is 23.5. The van der Waals surface area contributed by atoms with Gasteiger partial charge in [-0.05, 0) is 48.6 Å². The molecule has 34 heavy (non-hydrogen) atoms. The number of pyridine rings is 1. The molecule has 1 aromatic heterocycles. The minimum absolute atomic E-state index is 0.0268. The number of amides is 2. The Bertz CT molecular complexity index is 1150. The second-order valence-electron chi connectivity index (χ2n) is 9.01. The molecular weight excluding hydrogens is 431 g/mol. The summed E-state index contributed by atoms with van der Waals surface area (Å²) in [6.07, 6.45) is 4.64. The van der Waals surface area contributed by atoms with Crippen LogP contribution in [0.3, 0.4) is 0 Å². The predicted molar refractivity (Wildman–Crippen MR) is 129 cm³/mol. The topological polar surface area (TPSA) is 65.5 Å². The summed E-state index contributed by atoms with van der Waals surface area (Å²) in [6.45, 7) is 2.59. The summed E-state index contributed by atoms with van der Waals surface area (Å²) in [5.74, 6) is -0.0283. The molecule has 0 saturated carbocycles. The molecule has 2 aliphatic heterocycles. The van der Waals surface area contributed by atoms with Gasteiger partial charge in [0, 0.05) is 43.5 Å². The highest BCUT2D eigenvalue weighted by atomic mass is 19.1. The Labute approximate surface area is 198 Å². The van der Waals surface area contributed by atoms with Crippen molar-refractivity contribution in [2.75, 3.05) is 36.4 Å². The molecule has 0 unspecified atom stereocenters. The molecule has 7 heteroatoms. The van der Waals surface area contributed by atoms with Gasteiger partial charge in [0.05, 0.1) is 24.0 Å². The number of carbonyl (C=O) groups is 2. The fourth-order valence-corrected chi connectivity index (χ4v) is 4.69. The van der Waals surface area contributed by atoms with E-state index in [0.717, 1.165) is 37.2 Å². The molecule has 2 amide bonds. The summed E-state index contributed by atoms with van der Waals surface area (Å²) < 4.78 is 13.3. The number of hydrogen-bond acceptors (Lipinski definition) is 4. The van der Waals surface area contributed by atoms with Gasteiger partial charge in [0.2, 0.25) is 5.91 Å². The molecule has 5 rings (SSSR count). The second kappa shape index (κ2) is 9.63. The first-order valence-corrected chi connectivity index (χ1v) is 11.7. The van der Waals surface area contributed by atoms with Crippen LogP contribution in [-0.4, -0.2) is 47.9 Å². The summed E-state index contributed by atoms with van der Waals surface area (Å²) in [6, 6.07) is 18.9. The molecule has 2 saturated heterocycles. The van der Waals surface area contributed by atoms with E-state index in [1.807, 2.05) is 52.3 Å². The molecular formula is C27H27FN4O2. The molecule has 0 radical (unpaired) electrons. The third-order valence-corrected chi connectivity index (χ3v) is 6.76. The average molecular weight is 459 g/mol. The van der Waals surface area contributed by atoms with Crippen molar-refractivity contribution in [3.05, 3.63) is 90.0 Å². The molecule has 0 bridgehead atoms. The molecule has 1 N–H and O–H groups in total. The van der Waals surface area contributed by atoms with Gasteiger partial charge in [-0.2, -0.15) is 0 Å². The lowest BCUT2D eigenvalue weighted by molar-refractivity contribution is -0.120. The largest absolute Gasteiger partial charge is 0.368 e. The van der Waals surface area contributed by atoms with Gasteiger partial charge in [0.1, 0.15) is 5.82 Å². The number of aromatic nitrogens is 1. The Balaban J connectivity index is 1.10.